The maximum absolute atomic E-state index is 11.9. The topological polar surface area (TPSA) is 59.2 Å². The van der Waals surface area contributed by atoms with Crippen LogP contribution in [0.2, 0.25) is 0 Å². The zero-order valence-electron chi connectivity index (χ0n) is 7.81. The van der Waals surface area contributed by atoms with Gasteiger partial charge >= 0.3 is 6.36 Å². The van der Waals surface area contributed by atoms with Gasteiger partial charge in [0.2, 0.25) is 0 Å². The SMILES string of the molecule is Cc1c(C(=O)Cl)c[nH]c(=O)c1OC(F)(F)F. The number of nitrogens with one attached hydrogen (secondary N) is 1. The number of aromatic amines is 1. The lowest BCUT2D eigenvalue weighted by Gasteiger charge is -2.11. The van der Waals surface area contributed by atoms with Gasteiger partial charge in [0.05, 0.1) is 5.56 Å². The van der Waals surface area contributed by atoms with Crippen LogP contribution in [0.25, 0.3) is 0 Å². The van der Waals surface area contributed by atoms with Gasteiger partial charge in [-0.3, -0.25) is 9.59 Å². The van der Waals surface area contributed by atoms with E-state index in [0.29, 0.717) is 0 Å². The first-order chi connectivity index (χ1) is 7.22. The van der Waals surface area contributed by atoms with E-state index in [0.717, 1.165) is 13.1 Å². The molecule has 0 unspecified atom stereocenters. The zero-order chi connectivity index (χ0) is 12.5. The lowest BCUT2D eigenvalue weighted by atomic mass is 10.1. The molecule has 88 valence electrons. The van der Waals surface area contributed by atoms with E-state index in [1.165, 1.54) is 0 Å². The molecular formula is C8H5ClF3NO3. The van der Waals surface area contributed by atoms with Crippen molar-refractivity contribution in [2.24, 2.45) is 0 Å². The van der Waals surface area contributed by atoms with E-state index in [1.54, 1.807) is 0 Å². The van der Waals surface area contributed by atoms with Crippen LogP contribution in [-0.2, 0) is 0 Å². The first-order valence-corrected chi connectivity index (χ1v) is 4.28. The quantitative estimate of drug-likeness (QED) is 0.822. The summed E-state index contributed by atoms with van der Waals surface area (Å²) < 4.78 is 39.3. The highest BCUT2D eigenvalue weighted by Gasteiger charge is 2.33. The molecule has 4 nitrogen and oxygen atoms in total. The van der Waals surface area contributed by atoms with Crippen molar-refractivity contribution in [3.05, 3.63) is 27.7 Å². The summed E-state index contributed by atoms with van der Waals surface area (Å²) in [6.45, 7) is 1.13. The molecule has 1 rings (SSSR count). The predicted octanol–water partition coefficient (Wildman–Crippen LogP) is 1.96. The Hall–Kier alpha value is -1.50. The Balaban J connectivity index is 3.33. The number of ether oxygens (including phenoxy) is 1. The largest absolute Gasteiger partial charge is 0.573 e. The van der Waals surface area contributed by atoms with Crippen molar-refractivity contribution in [3.8, 4) is 5.75 Å². The van der Waals surface area contributed by atoms with Crippen molar-refractivity contribution in [1.29, 1.82) is 0 Å². The summed E-state index contributed by atoms with van der Waals surface area (Å²) in [7, 11) is 0. The van der Waals surface area contributed by atoms with Gasteiger partial charge < -0.3 is 9.72 Å². The Kier molecular flexibility index (Phi) is 3.27. The average Bonchev–Trinajstić information content (AvgIpc) is 2.10. The normalized spacial score (nSPS) is 11.3. The summed E-state index contributed by atoms with van der Waals surface area (Å²) in [5.74, 6) is -0.987. The van der Waals surface area contributed by atoms with Crippen molar-refractivity contribution < 1.29 is 22.7 Å². The number of hydrogen-bond donors (Lipinski definition) is 1. The fourth-order valence-electron chi connectivity index (χ4n) is 1.05. The molecule has 16 heavy (non-hydrogen) atoms. The molecule has 8 heteroatoms. The smallest absolute Gasteiger partial charge is 0.400 e. The molecule has 0 atom stereocenters. The van der Waals surface area contributed by atoms with Crippen LogP contribution in [0.4, 0.5) is 13.2 Å². The minimum Gasteiger partial charge on any atom is -0.400 e. The highest BCUT2D eigenvalue weighted by molar-refractivity contribution is 6.67. The molecule has 0 aliphatic rings. The lowest BCUT2D eigenvalue weighted by molar-refractivity contribution is -0.275. The molecule has 1 N–H and O–H groups in total. The van der Waals surface area contributed by atoms with Crippen molar-refractivity contribution in [2.45, 2.75) is 13.3 Å². The fraction of sp³-hybridized carbons (Fsp3) is 0.250. The molecule has 0 bridgehead atoms. The Bertz CT molecular complexity index is 480. The fourth-order valence-corrected chi connectivity index (χ4v) is 1.24. The number of halogens is 4. The van der Waals surface area contributed by atoms with E-state index in [1.807, 2.05) is 4.98 Å². The molecule has 0 aliphatic carbocycles. The van der Waals surface area contributed by atoms with Gasteiger partial charge in [-0.05, 0) is 18.5 Å². The van der Waals surface area contributed by atoms with Gasteiger partial charge in [0.1, 0.15) is 0 Å². The first-order valence-electron chi connectivity index (χ1n) is 3.90. The van der Waals surface area contributed by atoms with E-state index < -0.39 is 22.9 Å². The second-order valence-corrected chi connectivity index (χ2v) is 3.15. The summed E-state index contributed by atoms with van der Waals surface area (Å²) in [6.07, 6.45) is -4.08. The van der Waals surface area contributed by atoms with Gasteiger partial charge in [-0.2, -0.15) is 0 Å². The second kappa shape index (κ2) is 4.17. The van der Waals surface area contributed by atoms with Crippen LogP contribution in [0.15, 0.2) is 11.0 Å². The summed E-state index contributed by atoms with van der Waals surface area (Å²) in [5.41, 5.74) is -1.60. The summed E-state index contributed by atoms with van der Waals surface area (Å²) in [4.78, 5) is 23.8. The molecule has 0 aromatic carbocycles. The third-order valence-corrected chi connectivity index (χ3v) is 1.93. The van der Waals surface area contributed by atoms with Gasteiger partial charge in [0.15, 0.2) is 5.75 Å². The maximum atomic E-state index is 11.9. The van der Waals surface area contributed by atoms with Crippen LogP contribution < -0.4 is 10.3 Å². The number of alkyl halides is 3. The molecule has 1 aromatic rings. The number of hydrogen-bond acceptors (Lipinski definition) is 3. The summed E-state index contributed by atoms with van der Waals surface area (Å²) in [5, 5.41) is -0.985. The van der Waals surface area contributed by atoms with Crippen molar-refractivity contribution in [2.75, 3.05) is 0 Å². The van der Waals surface area contributed by atoms with Gasteiger partial charge in [-0.15, -0.1) is 13.2 Å². The van der Waals surface area contributed by atoms with E-state index >= 15 is 0 Å². The summed E-state index contributed by atoms with van der Waals surface area (Å²) in [6, 6.07) is 0. The molecule has 0 spiro atoms. The van der Waals surface area contributed by atoms with Gasteiger partial charge in [0, 0.05) is 11.8 Å². The molecule has 0 saturated heterocycles. The van der Waals surface area contributed by atoms with Gasteiger partial charge in [-0.1, -0.05) is 0 Å². The average molecular weight is 256 g/mol. The monoisotopic (exact) mass is 255 g/mol. The number of carbonyl (C=O) groups excluding carboxylic acids is 1. The van der Waals surface area contributed by atoms with E-state index in [2.05, 4.69) is 4.74 Å². The van der Waals surface area contributed by atoms with Crippen LogP contribution in [0.1, 0.15) is 15.9 Å². The van der Waals surface area contributed by atoms with E-state index in [-0.39, 0.29) is 11.1 Å². The number of rotatable bonds is 2. The summed E-state index contributed by atoms with van der Waals surface area (Å²) >= 11 is 5.11. The minimum absolute atomic E-state index is 0.250. The lowest BCUT2D eigenvalue weighted by Crippen LogP contribution is -2.24. The maximum Gasteiger partial charge on any atom is 0.573 e. The standard InChI is InChI=1S/C8H5ClF3NO3/c1-3-4(6(9)14)2-13-7(15)5(3)16-8(10,11)12/h2H,1H3,(H,13,15). The molecule has 0 radical (unpaired) electrons. The highest BCUT2D eigenvalue weighted by Crippen LogP contribution is 2.24. The number of carbonyl (C=O) groups is 1. The Labute approximate surface area is 92.0 Å². The molecular weight excluding hydrogens is 251 g/mol. The predicted molar refractivity (Wildman–Crippen MR) is 48.7 cm³/mol. The van der Waals surface area contributed by atoms with Gasteiger partial charge in [0.25, 0.3) is 10.8 Å². The Morgan fingerprint density at radius 1 is 1.50 bits per heavy atom. The number of pyridine rings is 1. The third-order valence-electron chi connectivity index (χ3n) is 1.73. The Morgan fingerprint density at radius 3 is 2.50 bits per heavy atom. The minimum atomic E-state index is -5.01. The van der Waals surface area contributed by atoms with Crippen LogP contribution in [-0.4, -0.2) is 16.6 Å². The zero-order valence-corrected chi connectivity index (χ0v) is 8.57. The molecule has 0 aliphatic heterocycles. The van der Waals surface area contributed by atoms with Crippen molar-refractivity contribution >= 4 is 16.8 Å². The first kappa shape index (κ1) is 12.6. The highest BCUT2D eigenvalue weighted by atomic mass is 35.5. The van der Waals surface area contributed by atoms with E-state index in [9.17, 15) is 22.8 Å². The molecule has 1 aromatic heterocycles. The molecule has 1 heterocycles. The van der Waals surface area contributed by atoms with Crippen LogP contribution >= 0.6 is 11.6 Å². The van der Waals surface area contributed by atoms with Crippen molar-refractivity contribution in [3.63, 3.8) is 0 Å². The van der Waals surface area contributed by atoms with Crippen LogP contribution in [0, 0.1) is 6.92 Å². The number of aromatic nitrogens is 1. The van der Waals surface area contributed by atoms with Crippen LogP contribution in [0.3, 0.4) is 0 Å². The Morgan fingerprint density at radius 2 is 2.06 bits per heavy atom. The van der Waals surface area contributed by atoms with Crippen molar-refractivity contribution in [1.82, 2.24) is 4.98 Å². The van der Waals surface area contributed by atoms with Gasteiger partial charge in [-0.25, -0.2) is 0 Å². The molecule has 0 amide bonds. The van der Waals surface area contributed by atoms with Crippen LogP contribution in [0.5, 0.6) is 5.75 Å². The van der Waals surface area contributed by atoms with E-state index in [4.69, 9.17) is 11.6 Å². The third kappa shape index (κ3) is 2.75. The number of H-pyrrole nitrogens is 1. The molecule has 0 fully saturated rings. The molecule has 0 saturated carbocycles. The second-order valence-electron chi connectivity index (χ2n) is 2.81.